The summed E-state index contributed by atoms with van der Waals surface area (Å²) < 4.78 is 0. The number of fused-ring (bicyclic) bond motifs is 3. The molecule has 22 heavy (non-hydrogen) atoms. The smallest absolute Gasteiger partial charge is 0.0855 e. The average molecular weight is 309 g/mol. The number of aliphatic hydroxyl groups is 2. The zero-order valence-corrected chi connectivity index (χ0v) is 15.2. The maximum absolute atomic E-state index is 10.8. The molecule has 2 N–H and O–H groups in total. The summed E-state index contributed by atoms with van der Waals surface area (Å²) in [5, 5.41) is 21.1. The molecule has 2 heteroatoms. The standard InChI is InChI=1S/C20H36O2/c1-12-6-7-14-11-16-13(2)10-17(21)18(22)20(16,5)9-8-15(12)19(14,3)4/h12-18,21-22H,6-11H2,1-5H3/t12-,13-,14+,15+,16-,17?,18?,20+/m1/s1. The number of rotatable bonds is 0. The van der Waals surface area contributed by atoms with Crippen LogP contribution in [0.4, 0.5) is 0 Å². The molecule has 8 atom stereocenters. The van der Waals surface area contributed by atoms with Crippen molar-refractivity contribution in [3.63, 3.8) is 0 Å². The zero-order valence-electron chi connectivity index (χ0n) is 15.2. The Morgan fingerprint density at radius 2 is 1.50 bits per heavy atom. The second kappa shape index (κ2) is 5.48. The molecule has 2 unspecified atom stereocenters. The predicted octanol–water partition coefficient (Wildman–Crippen LogP) is 4.24. The summed E-state index contributed by atoms with van der Waals surface area (Å²) in [5.74, 6) is 3.43. The fourth-order valence-corrected chi connectivity index (χ4v) is 6.74. The molecule has 3 aliphatic carbocycles. The maximum Gasteiger partial charge on any atom is 0.0855 e. The Balaban J connectivity index is 1.95. The Morgan fingerprint density at radius 1 is 0.818 bits per heavy atom. The second-order valence-corrected chi connectivity index (χ2v) is 9.79. The van der Waals surface area contributed by atoms with E-state index in [9.17, 15) is 10.2 Å². The van der Waals surface area contributed by atoms with Gasteiger partial charge in [0.1, 0.15) is 0 Å². The minimum Gasteiger partial charge on any atom is -0.390 e. The summed E-state index contributed by atoms with van der Waals surface area (Å²) in [6, 6.07) is 0. The van der Waals surface area contributed by atoms with Crippen molar-refractivity contribution in [3.8, 4) is 0 Å². The number of hydrogen-bond donors (Lipinski definition) is 2. The van der Waals surface area contributed by atoms with E-state index in [2.05, 4.69) is 34.6 Å². The Bertz CT molecular complexity index is 418. The second-order valence-electron chi connectivity index (χ2n) is 9.79. The van der Waals surface area contributed by atoms with Crippen LogP contribution in [-0.2, 0) is 0 Å². The normalized spacial score (nSPS) is 55.0. The van der Waals surface area contributed by atoms with E-state index in [1.54, 1.807) is 0 Å². The summed E-state index contributed by atoms with van der Waals surface area (Å²) in [6.07, 6.45) is 5.97. The van der Waals surface area contributed by atoms with E-state index in [1.165, 1.54) is 25.7 Å². The molecule has 128 valence electrons. The van der Waals surface area contributed by atoms with Crippen LogP contribution in [0.1, 0.15) is 73.1 Å². The Kier molecular flexibility index (Phi) is 4.18. The van der Waals surface area contributed by atoms with Crippen LogP contribution in [0.3, 0.4) is 0 Å². The molecule has 0 aliphatic heterocycles. The first-order valence-corrected chi connectivity index (χ1v) is 9.54. The molecular formula is C20H36O2. The third-order valence-electron chi connectivity index (χ3n) is 8.39. The summed E-state index contributed by atoms with van der Waals surface area (Å²) >= 11 is 0. The molecule has 0 saturated heterocycles. The van der Waals surface area contributed by atoms with E-state index in [0.29, 0.717) is 17.3 Å². The van der Waals surface area contributed by atoms with Gasteiger partial charge in [-0.2, -0.15) is 0 Å². The fraction of sp³-hybridized carbons (Fsp3) is 1.00. The number of aliphatic hydroxyl groups excluding tert-OH is 2. The van der Waals surface area contributed by atoms with Gasteiger partial charge in [-0.3, -0.25) is 0 Å². The van der Waals surface area contributed by atoms with Gasteiger partial charge >= 0.3 is 0 Å². The lowest BCUT2D eigenvalue weighted by molar-refractivity contribution is -0.165. The van der Waals surface area contributed by atoms with Crippen molar-refractivity contribution in [1.29, 1.82) is 0 Å². The highest BCUT2D eigenvalue weighted by molar-refractivity contribution is 5.05. The number of hydrogen-bond acceptors (Lipinski definition) is 2. The topological polar surface area (TPSA) is 40.5 Å². The van der Waals surface area contributed by atoms with Crippen molar-refractivity contribution in [2.45, 2.75) is 85.4 Å². The van der Waals surface area contributed by atoms with E-state index in [-0.39, 0.29) is 5.41 Å². The van der Waals surface area contributed by atoms with E-state index >= 15 is 0 Å². The molecule has 0 aromatic carbocycles. The van der Waals surface area contributed by atoms with Crippen LogP contribution in [0.25, 0.3) is 0 Å². The van der Waals surface area contributed by atoms with Crippen molar-refractivity contribution in [2.75, 3.05) is 0 Å². The molecule has 2 nitrogen and oxygen atoms in total. The Labute approximate surface area is 136 Å². The van der Waals surface area contributed by atoms with Gasteiger partial charge in [-0.05, 0) is 72.5 Å². The van der Waals surface area contributed by atoms with Crippen molar-refractivity contribution < 1.29 is 10.2 Å². The molecule has 0 spiro atoms. The van der Waals surface area contributed by atoms with Crippen molar-refractivity contribution in [2.24, 2.45) is 40.4 Å². The van der Waals surface area contributed by atoms with Crippen LogP contribution in [0, 0.1) is 40.4 Å². The first-order chi connectivity index (χ1) is 10.2. The molecule has 0 aromatic rings. The molecule has 0 aromatic heterocycles. The highest BCUT2D eigenvalue weighted by Gasteiger charge is 2.55. The van der Waals surface area contributed by atoms with Gasteiger partial charge in [0.15, 0.2) is 0 Å². The van der Waals surface area contributed by atoms with Crippen LogP contribution < -0.4 is 0 Å². The van der Waals surface area contributed by atoms with Gasteiger partial charge in [-0.1, -0.05) is 41.0 Å². The molecule has 0 radical (unpaired) electrons. The van der Waals surface area contributed by atoms with Gasteiger partial charge in [0.25, 0.3) is 0 Å². The Morgan fingerprint density at radius 3 is 2.18 bits per heavy atom. The summed E-state index contributed by atoms with van der Waals surface area (Å²) in [5.41, 5.74) is 0.334. The van der Waals surface area contributed by atoms with Crippen LogP contribution in [0.2, 0.25) is 0 Å². The fourth-order valence-electron chi connectivity index (χ4n) is 6.74. The molecule has 3 saturated carbocycles. The highest BCUT2D eigenvalue weighted by Crippen LogP contribution is 2.60. The molecule has 3 rings (SSSR count). The molecule has 0 amide bonds. The van der Waals surface area contributed by atoms with Crippen LogP contribution >= 0.6 is 0 Å². The third kappa shape index (κ3) is 2.36. The SMILES string of the molecule is C[C@@H]1CC(O)C(O)[C@@]2(C)CC[C@H]3[C@H](C)CC[C@@H](C[C@H]12)C3(C)C. The maximum atomic E-state index is 10.8. The monoisotopic (exact) mass is 308 g/mol. The third-order valence-corrected chi connectivity index (χ3v) is 8.39. The Hall–Kier alpha value is -0.0800. The van der Waals surface area contributed by atoms with Gasteiger partial charge in [0.2, 0.25) is 0 Å². The first kappa shape index (κ1) is 16.8. The lowest BCUT2D eigenvalue weighted by atomic mass is 9.48. The molecule has 3 fully saturated rings. The molecular weight excluding hydrogens is 272 g/mol. The summed E-state index contributed by atoms with van der Waals surface area (Å²) in [7, 11) is 0. The lowest BCUT2D eigenvalue weighted by Gasteiger charge is -2.58. The lowest BCUT2D eigenvalue weighted by Crippen LogP contribution is -2.56. The minimum absolute atomic E-state index is 0.0961. The van der Waals surface area contributed by atoms with Crippen LogP contribution in [-0.4, -0.2) is 22.4 Å². The van der Waals surface area contributed by atoms with Crippen LogP contribution in [0.15, 0.2) is 0 Å². The molecule has 2 bridgehead atoms. The van der Waals surface area contributed by atoms with Gasteiger partial charge in [-0.25, -0.2) is 0 Å². The van der Waals surface area contributed by atoms with Gasteiger partial charge in [-0.15, -0.1) is 0 Å². The van der Waals surface area contributed by atoms with Gasteiger partial charge in [0, 0.05) is 0 Å². The van der Waals surface area contributed by atoms with Crippen molar-refractivity contribution >= 4 is 0 Å². The average Bonchev–Trinajstić information content (AvgIpc) is 2.42. The zero-order chi connectivity index (χ0) is 16.3. The van der Waals surface area contributed by atoms with E-state index in [4.69, 9.17) is 0 Å². The van der Waals surface area contributed by atoms with Crippen molar-refractivity contribution in [3.05, 3.63) is 0 Å². The van der Waals surface area contributed by atoms with Gasteiger partial charge < -0.3 is 10.2 Å². The first-order valence-electron chi connectivity index (χ1n) is 9.54. The highest BCUT2D eigenvalue weighted by atomic mass is 16.3. The summed E-state index contributed by atoms with van der Waals surface area (Å²) in [4.78, 5) is 0. The minimum atomic E-state index is -0.536. The largest absolute Gasteiger partial charge is 0.390 e. The van der Waals surface area contributed by atoms with Crippen LogP contribution in [0.5, 0.6) is 0 Å². The molecule has 0 heterocycles. The van der Waals surface area contributed by atoms with E-state index in [1.807, 2.05) is 0 Å². The van der Waals surface area contributed by atoms with E-state index in [0.717, 1.165) is 30.6 Å². The van der Waals surface area contributed by atoms with Crippen molar-refractivity contribution in [1.82, 2.24) is 0 Å². The van der Waals surface area contributed by atoms with E-state index < -0.39 is 12.2 Å². The molecule has 3 aliphatic rings. The quantitative estimate of drug-likeness (QED) is 0.702. The predicted molar refractivity (Wildman–Crippen MR) is 90.4 cm³/mol. The summed E-state index contributed by atoms with van der Waals surface area (Å²) in [6.45, 7) is 12.0. The van der Waals surface area contributed by atoms with Gasteiger partial charge in [0.05, 0.1) is 12.2 Å².